The van der Waals surface area contributed by atoms with Crippen molar-refractivity contribution in [2.24, 2.45) is 5.73 Å². The fraction of sp³-hybridized carbons (Fsp3) is 0.833. The van der Waals surface area contributed by atoms with Gasteiger partial charge < -0.3 is 15.0 Å². The van der Waals surface area contributed by atoms with Gasteiger partial charge in [-0.15, -0.1) is 0 Å². The van der Waals surface area contributed by atoms with Crippen molar-refractivity contribution in [3.8, 4) is 0 Å². The molecule has 17 heavy (non-hydrogen) atoms. The van der Waals surface area contributed by atoms with E-state index in [4.69, 9.17) is 15.0 Å². The predicted molar refractivity (Wildman–Crippen MR) is 65.4 cm³/mol. The Kier molecular flexibility index (Phi) is 5.08. The Morgan fingerprint density at radius 1 is 1.35 bits per heavy atom. The minimum absolute atomic E-state index is 0.176. The van der Waals surface area contributed by atoms with Gasteiger partial charge in [0.25, 0.3) is 0 Å². The van der Waals surface area contributed by atoms with Crippen LogP contribution in [0.4, 0.5) is 0 Å². The first kappa shape index (κ1) is 14.1. The molecule has 0 spiro atoms. The first-order valence-electron chi connectivity index (χ1n) is 6.28. The number of methoxy groups -OCH3 is 1. The lowest BCUT2D eigenvalue weighted by atomic mass is 9.96. The summed E-state index contributed by atoms with van der Waals surface area (Å²) in [5.74, 6) is 1.11. The minimum Gasteiger partial charge on any atom is -0.370 e. The molecular formula is C12H23N3O2. The molecule has 2 N–H and O–H groups in total. The Morgan fingerprint density at radius 2 is 2.00 bits per heavy atom. The maximum atomic E-state index is 5.95. The monoisotopic (exact) mass is 241 g/mol. The third-order valence-corrected chi connectivity index (χ3v) is 3.30. The van der Waals surface area contributed by atoms with Crippen molar-refractivity contribution in [1.29, 1.82) is 0 Å². The highest BCUT2D eigenvalue weighted by atomic mass is 16.5. The van der Waals surface area contributed by atoms with Gasteiger partial charge in [0.15, 0.2) is 0 Å². The average molecular weight is 241 g/mol. The third-order valence-electron chi connectivity index (χ3n) is 3.30. The molecule has 0 aliphatic heterocycles. The SMILES string of the molecule is CCCC(N)c1nc(C(CC)(CC)OC)no1. The predicted octanol–water partition coefficient (Wildman–Crippen LogP) is 2.53. The highest BCUT2D eigenvalue weighted by Crippen LogP contribution is 2.30. The molecule has 1 heterocycles. The summed E-state index contributed by atoms with van der Waals surface area (Å²) >= 11 is 0. The van der Waals surface area contributed by atoms with Crippen LogP contribution in [0.5, 0.6) is 0 Å². The summed E-state index contributed by atoms with van der Waals surface area (Å²) in [5, 5.41) is 4.01. The van der Waals surface area contributed by atoms with Crippen LogP contribution in [0.3, 0.4) is 0 Å². The fourth-order valence-electron chi connectivity index (χ4n) is 1.95. The van der Waals surface area contributed by atoms with E-state index in [2.05, 4.69) is 30.9 Å². The second-order valence-electron chi connectivity index (χ2n) is 4.26. The Bertz CT molecular complexity index is 326. The van der Waals surface area contributed by atoms with Crippen LogP contribution < -0.4 is 5.73 Å². The van der Waals surface area contributed by atoms with Gasteiger partial charge in [-0.05, 0) is 19.3 Å². The van der Waals surface area contributed by atoms with Crippen molar-refractivity contribution in [2.45, 2.75) is 58.1 Å². The molecule has 0 bridgehead atoms. The molecule has 0 saturated carbocycles. The summed E-state index contributed by atoms with van der Waals surface area (Å²) in [6.45, 7) is 6.18. The fourth-order valence-corrected chi connectivity index (χ4v) is 1.95. The van der Waals surface area contributed by atoms with Gasteiger partial charge in [-0.25, -0.2) is 0 Å². The molecule has 0 amide bonds. The number of nitrogens with two attached hydrogens (primary N) is 1. The quantitative estimate of drug-likeness (QED) is 0.794. The van der Waals surface area contributed by atoms with Crippen LogP contribution in [-0.2, 0) is 10.3 Å². The van der Waals surface area contributed by atoms with E-state index in [1.54, 1.807) is 7.11 Å². The van der Waals surface area contributed by atoms with E-state index < -0.39 is 5.60 Å². The lowest BCUT2D eigenvalue weighted by Crippen LogP contribution is -2.28. The lowest BCUT2D eigenvalue weighted by molar-refractivity contribution is -0.0306. The summed E-state index contributed by atoms with van der Waals surface area (Å²) in [6, 6.07) is -0.176. The molecule has 1 aromatic heterocycles. The van der Waals surface area contributed by atoms with Crippen molar-refractivity contribution in [1.82, 2.24) is 10.1 Å². The molecule has 1 aromatic rings. The zero-order valence-corrected chi connectivity index (χ0v) is 11.2. The van der Waals surface area contributed by atoms with E-state index in [0.29, 0.717) is 11.7 Å². The van der Waals surface area contributed by atoms with Gasteiger partial charge in [-0.2, -0.15) is 4.98 Å². The van der Waals surface area contributed by atoms with Gasteiger partial charge in [0.1, 0.15) is 5.60 Å². The van der Waals surface area contributed by atoms with Crippen molar-refractivity contribution < 1.29 is 9.26 Å². The van der Waals surface area contributed by atoms with Crippen molar-refractivity contribution >= 4 is 0 Å². The number of aromatic nitrogens is 2. The molecule has 0 fully saturated rings. The summed E-state index contributed by atoms with van der Waals surface area (Å²) in [6.07, 6.45) is 3.46. The maximum absolute atomic E-state index is 5.95. The second kappa shape index (κ2) is 6.12. The van der Waals surface area contributed by atoms with Crippen LogP contribution in [0.15, 0.2) is 4.52 Å². The molecule has 0 aromatic carbocycles. The molecular weight excluding hydrogens is 218 g/mol. The van der Waals surface area contributed by atoms with Crippen molar-refractivity contribution in [3.63, 3.8) is 0 Å². The number of hydrogen-bond donors (Lipinski definition) is 1. The third kappa shape index (κ3) is 2.84. The molecule has 0 aliphatic carbocycles. The van der Waals surface area contributed by atoms with Gasteiger partial charge in [0, 0.05) is 7.11 Å². The zero-order valence-electron chi connectivity index (χ0n) is 11.2. The summed E-state index contributed by atoms with van der Waals surface area (Å²) in [5.41, 5.74) is 5.50. The molecule has 98 valence electrons. The zero-order chi connectivity index (χ0) is 12.9. The van der Waals surface area contributed by atoms with E-state index in [0.717, 1.165) is 25.7 Å². The van der Waals surface area contributed by atoms with E-state index >= 15 is 0 Å². The first-order valence-corrected chi connectivity index (χ1v) is 6.28. The molecule has 0 aliphatic rings. The topological polar surface area (TPSA) is 74.2 Å². The highest BCUT2D eigenvalue weighted by molar-refractivity contribution is 5.02. The molecule has 1 rings (SSSR count). The van der Waals surface area contributed by atoms with Crippen LogP contribution >= 0.6 is 0 Å². The van der Waals surface area contributed by atoms with E-state index in [1.807, 2.05) is 0 Å². The number of hydrogen-bond acceptors (Lipinski definition) is 5. The number of ether oxygens (including phenoxy) is 1. The Balaban J connectivity index is 2.92. The lowest BCUT2D eigenvalue weighted by Gasteiger charge is -2.25. The average Bonchev–Trinajstić information content (AvgIpc) is 2.83. The molecule has 0 radical (unpaired) electrons. The van der Waals surface area contributed by atoms with Gasteiger partial charge >= 0.3 is 0 Å². The van der Waals surface area contributed by atoms with Gasteiger partial charge in [0.05, 0.1) is 6.04 Å². The molecule has 5 heteroatoms. The highest BCUT2D eigenvalue weighted by Gasteiger charge is 2.34. The van der Waals surface area contributed by atoms with Crippen LogP contribution in [0.1, 0.15) is 64.2 Å². The van der Waals surface area contributed by atoms with Crippen molar-refractivity contribution in [3.05, 3.63) is 11.7 Å². The summed E-state index contributed by atoms with van der Waals surface area (Å²) in [4.78, 5) is 4.39. The van der Waals surface area contributed by atoms with Crippen LogP contribution in [-0.4, -0.2) is 17.3 Å². The van der Waals surface area contributed by atoms with Crippen molar-refractivity contribution in [2.75, 3.05) is 7.11 Å². The van der Waals surface area contributed by atoms with Crippen LogP contribution in [0, 0.1) is 0 Å². The molecule has 1 atom stereocenters. The number of nitrogens with zero attached hydrogens (tertiary/aromatic N) is 2. The molecule has 5 nitrogen and oxygen atoms in total. The second-order valence-corrected chi connectivity index (χ2v) is 4.26. The Labute approximate surface area is 103 Å². The van der Waals surface area contributed by atoms with Crippen LogP contribution in [0.25, 0.3) is 0 Å². The molecule has 0 saturated heterocycles. The normalized spacial score (nSPS) is 13.9. The molecule has 1 unspecified atom stereocenters. The summed E-state index contributed by atoms with van der Waals surface area (Å²) < 4.78 is 10.8. The van der Waals surface area contributed by atoms with E-state index in [9.17, 15) is 0 Å². The van der Waals surface area contributed by atoms with E-state index in [-0.39, 0.29) is 6.04 Å². The minimum atomic E-state index is -0.451. The number of rotatable bonds is 7. The summed E-state index contributed by atoms with van der Waals surface area (Å²) in [7, 11) is 1.68. The standard InChI is InChI=1S/C12H23N3O2/c1-5-8-9(13)10-14-11(15-17-10)12(6-2,7-3)16-4/h9H,5-8,13H2,1-4H3. The van der Waals surface area contributed by atoms with Gasteiger partial charge in [0.2, 0.25) is 11.7 Å². The Hall–Kier alpha value is -0.940. The van der Waals surface area contributed by atoms with Gasteiger partial charge in [-0.1, -0.05) is 32.3 Å². The first-order chi connectivity index (χ1) is 8.13. The van der Waals surface area contributed by atoms with E-state index in [1.165, 1.54) is 0 Å². The maximum Gasteiger partial charge on any atom is 0.243 e. The Morgan fingerprint density at radius 3 is 2.47 bits per heavy atom. The smallest absolute Gasteiger partial charge is 0.243 e. The van der Waals surface area contributed by atoms with Gasteiger partial charge in [-0.3, -0.25) is 0 Å². The van der Waals surface area contributed by atoms with Crippen LogP contribution in [0.2, 0.25) is 0 Å². The largest absolute Gasteiger partial charge is 0.370 e.